The molecule has 0 radical (unpaired) electrons. The molecule has 2 heterocycles. The van der Waals surface area contributed by atoms with E-state index in [9.17, 15) is 0 Å². The lowest BCUT2D eigenvalue weighted by atomic mass is 10.1. The van der Waals surface area contributed by atoms with Gasteiger partial charge in [0.1, 0.15) is 0 Å². The van der Waals surface area contributed by atoms with Gasteiger partial charge in [-0.3, -0.25) is 4.98 Å². The SMILES string of the molecule is NC(c1ncccc1Br)c1cnnn1-c1ccccc1. The third kappa shape index (κ3) is 2.35. The second-order valence-electron chi connectivity index (χ2n) is 4.25. The zero-order chi connectivity index (χ0) is 13.9. The van der Waals surface area contributed by atoms with E-state index in [1.807, 2.05) is 42.5 Å². The zero-order valence-electron chi connectivity index (χ0n) is 10.5. The van der Waals surface area contributed by atoms with Gasteiger partial charge in [0.2, 0.25) is 0 Å². The Kier molecular flexibility index (Phi) is 3.58. The Hall–Kier alpha value is -2.05. The summed E-state index contributed by atoms with van der Waals surface area (Å²) in [5.41, 5.74) is 8.77. The van der Waals surface area contributed by atoms with Crippen LogP contribution in [0.25, 0.3) is 5.69 Å². The quantitative estimate of drug-likeness (QED) is 0.801. The topological polar surface area (TPSA) is 69.6 Å². The van der Waals surface area contributed by atoms with Crippen LogP contribution in [0.1, 0.15) is 17.4 Å². The van der Waals surface area contributed by atoms with Crippen LogP contribution in [0.2, 0.25) is 0 Å². The fraction of sp³-hybridized carbons (Fsp3) is 0.0714. The first kappa shape index (κ1) is 13.0. The highest BCUT2D eigenvalue weighted by molar-refractivity contribution is 9.10. The van der Waals surface area contributed by atoms with Gasteiger partial charge in [-0.2, -0.15) is 0 Å². The number of pyridine rings is 1. The Morgan fingerprint density at radius 2 is 1.90 bits per heavy atom. The van der Waals surface area contributed by atoms with Crippen molar-refractivity contribution in [2.24, 2.45) is 5.73 Å². The molecule has 6 heteroatoms. The molecule has 5 nitrogen and oxygen atoms in total. The van der Waals surface area contributed by atoms with Crippen molar-refractivity contribution in [1.29, 1.82) is 0 Å². The molecule has 20 heavy (non-hydrogen) atoms. The molecule has 0 amide bonds. The van der Waals surface area contributed by atoms with Gasteiger partial charge in [0.05, 0.1) is 29.3 Å². The van der Waals surface area contributed by atoms with Gasteiger partial charge in [-0.25, -0.2) is 4.68 Å². The standard InChI is InChI=1S/C14H12BrN5/c15-11-7-4-8-17-14(11)13(16)12-9-18-19-20(12)10-5-2-1-3-6-10/h1-9,13H,16H2. The van der Waals surface area contributed by atoms with Crippen LogP contribution >= 0.6 is 15.9 Å². The van der Waals surface area contributed by atoms with Crippen molar-refractivity contribution in [1.82, 2.24) is 20.0 Å². The third-order valence-electron chi connectivity index (χ3n) is 2.98. The summed E-state index contributed by atoms with van der Waals surface area (Å²) in [5.74, 6) is 0. The summed E-state index contributed by atoms with van der Waals surface area (Å²) in [4.78, 5) is 4.33. The van der Waals surface area contributed by atoms with E-state index in [-0.39, 0.29) is 0 Å². The van der Waals surface area contributed by atoms with E-state index in [0.717, 1.165) is 21.5 Å². The Balaban J connectivity index is 2.04. The lowest BCUT2D eigenvalue weighted by molar-refractivity contribution is 0.705. The first-order valence-electron chi connectivity index (χ1n) is 6.09. The summed E-state index contributed by atoms with van der Waals surface area (Å²) in [5, 5.41) is 8.07. The minimum absolute atomic E-state index is 0.402. The first-order chi connectivity index (χ1) is 9.77. The van der Waals surface area contributed by atoms with Crippen LogP contribution < -0.4 is 5.73 Å². The van der Waals surface area contributed by atoms with E-state index in [1.165, 1.54) is 0 Å². The summed E-state index contributed by atoms with van der Waals surface area (Å²) in [7, 11) is 0. The molecule has 0 saturated carbocycles. The van der Waals surface area contributed by atoms with E-state index < -0.39 is 6.04 Å². The van der Waals surface area contributed by atoms with E-state index in [0.29, 0.717) is 0 Å². The van der Waals surface area contributed by atoms with Gasteiger partial charge in [-0.05, 0) is 40.2 Å². The molecule has 2 aromatic heterocycles. The number of nitrogens with two attached hydrogens (primary N) is 1. The average molecular weight is 330 g/mol. The molecule has 2 N–H and O–H groups in total. The predicted molar refractivity (Wildman–Crippen MR) is 79.3 cm³/mol. The summed E-state index contributed by atoms with van der Waals surface area (Å²) in [6.07, 6.45) is 3.38. The van der Waals surface area contributed by atoms with Gasteiger partial charge in [-0.15, -0.1) is 5.10 Å². The smallest absolute Gasteiger partial charge is 0.0929 e. The summed E-state index contributed by atoms with van der Waals surface area (Å²) < 4.78 is 2.60. The molecule has 0 bridgehead atoms. The van der Waals surface area contributed by atoms with E-state index in [1.54, 1.807) is 17.1 Å². The molecule has 3 aromatic rings. The Morgan fingerprint density at radius 3 is 2.65 bits per heavy atom. The molecule has 1 aromatic carbocycles. The van der Waals surface area contributed by atoms with Crippen LogP contribution in [-0.2, 0) is 0 Å². The molecule has 0 spiro atoms. The van der Waals surface area contributed by atoms with Crippen LogP contribution in [0.5, 0.6) is 0 Å². The number of benzene rings is 1. The van der Waals surface area contributed by atoms with Crippen LogP contribution in [0.3, 0.4) is 0 Å². The minimum atomic E-state index is -0.402. The maximum absolute atomic E-state index is 6.31. The van der Waals surface area contributed by atoms with Crippen molar-refractivity contribution in [2.45, 2.75) is 6.04 Å². The molecule has 100 valence electrons. The van der Waals surface area contributed by atoms with E-state index in [4.69, 9.17) is 5.73 Å². The van der Waals surface area contributed by atoms with Crippen LogP contribution in [0, 0.1) is 0 Å². The van der Waals surface area contributed by atoms with Crippen molar-refractivity contribution >= 4 is 15.9 Å². The van der Waals surface area contributed by atoms with Crippen molar-refractivity contribution in [3.63, 3.8) is 0 Å². The molecular formula is C14H12BrN5. The van der Waals surface area contributed by atoms with Gasteiger partial charge in [0, 0.05) is 10.7 Å². The largest absolute Gasteiger partial charge is 0.318 e. The Morgan fingerprint density at radius 1 is 1.10 bits per heavy atom. The number of hydrogen-bond acceptors (Lipinski definition) is 4. The first-order valence-corrected chi connectivity index (χ1v) is 6.88. The van der Waals surface area contributed by atoms with Crippen molar-refractivity contribution in [3.8, 4) is 5.69 Å². The molecule has 3 rings (SSSR count). The summed E-state index contributed by atoms with van der Waals surface area (Å²) in [6.45, 7) is 0. The fourth-order valence-electron chi connectivity index (χ4n) is 1.99. The molecular weight excluding hydrogens is 318 g/mol. The lowest BCUT2D eigenvalue weighted by Crippen LogP contribution is -2.18. The number of halogens is 1. The molecule has 0 saturated heterocycles. The second-order valence-corrected chi connectivity index (χ2v) is 5.11. The van der Waals surface area contributed by atoms with E-state index >= 15 is 0 Å². The zero-order valence-corrected chi connectivity index (χ0v) is 12.1. The monoisotopic (exact) mass is 329 g/mol. The van der Waals surface area contributed by atoms with Gasteiger partial charge < -0.3 is 5.73 Å². The van der Waals surface area contributed by atoms with Gasteiger partial charge in [-0.1, -0.05) is 23.4 Å². The molecule has 0 aliphatic carbocycles. The Labute approximate surface area is 124 Å². The van der Waals surface area contributed by atoms with E-state index in [2.05, 4.69) is 31.2 Å². The predicted octanol–water partition coefficient (Wildman–Crippen LogP) is 2.47. The van der Waals surface area contributed by atoms with Crippen molar-refractivity contribution in [3.05, 3.63) is 70.7 Å². The lowest BCUT2D eigenvalue weighted by Gasteiger charge is -2.14. The maximum atomic E-state index is 6.31. The highest BCUT2D eigenvalue weighted by Gasteiger charge is 2.19. The summed E-state index contributed by atoms with van der Waals surface area (Å²) >= 11 is 3.47. The third-order valence-corrected chi connectivity index (χ3v) is 3.65. The van der Waals surface area contributed by atoms with Gasteiger partial charge >= 0.3 is 0 Å². The van der Waals surface area contributed by atoms with Gasteiger partial charge in [0.15, 0.2) is 0 Å². The Bertz CT molecular complexity index is 710. The normalized spacial score (nSPS) is 12.3. The molecule has 0 aliphatic heterocycles. The number of aromatic nitrogens is 4. The minimum Gasteiger partial charge on any atom is -0.318 e. The number of para-hydroxylation sites is 1. The number of hydrogen-bond donors (Lipinski definition) is 1. The average Bonchev–Trinajstić information content (AvgIpc) is 2.97. The maximum Gasteiger partial charge on any atom is 0.0929 e. The highest BCUT2D eigenvalue weighted by Crippen LogP contribution is 2.25. The molecule has 0 fully saturated rings. The van der Waals surface area contributed by atoms with Crippen molar-refractivity contribution < 1.29 is 0 Å². The van der Waals surface area contributed by atoms with Crippen LogP contribution in [0.15, 0.2) is 59.3 Å². The number of rotatable bonds is 3. The highest BCUT2D eigenvalue weighted by atomic mass is 79.9. The molecule has 0 aliphatic rings. The molecule has 1 atom stereocenters. The van der Waals surface area contributed by atoms with Crippen LogP contribution in [-0.4, -0.2) is 20.0 Å². The van der Waals surface area contributed by atoms with Crippen LogP contribution in [0.4, 0.5) is 0 Å². The fourth-order valence-corrected chi connectivity index (χ4v) is 2.49. The van der Waals surface area contributed by atoms with Crippen molar-refractivity contribution in [2.75, 3.05) is 0 Å². The molecule has 1 unspecified atom stereocenters. The summed E-state index contributed by atoms with van der Waals surface area (Å²) in [6, 6.07) is 13.1. The second kappa shape index (κ2) is 5.52. The number of nitrogens with zero attached hydrogens (tertiary/aromatic N) is 4. The van der Waals surface area contributed by atoms with Gasteiger partial charge in [0.25, 0.3) is 0 Å².